The molecule has 0 bridgehead atoms. The number of amides is 1. The van der Waals surface area contributed by atoms with Gasteiger partial charge in [-0.25, -0.2) is 4.79 Å². The van der Waals surface area contributed by atoms with Crippen LogP contribution in [0.1, 0.15) is 5.56 Å². The first kappa shape index (κ1) is 12.8. The SMILES string of the molecule is Cc1cccc2c(NC(=O)C=CC(=O)O)cccc12. The second-order valence-corrected chi connectivity index (χ2v) is 4.14. The molecule has 2 rings (SSSR count). The van der Waals surface area contributed by atoms with E-state index in [1.165, 1.54) is 0 Å². The summed E-state index contributed by atoms with van der Waals surface area (Å²) in [5.74, 6) is -1.61. The van der Waals surface area contributed by atoms with Crippen molar-refractivity contribution in [3.63, 3.8) is 0 Å². The number of nitrogens with one attached hydrogen (secondary N) is 1. The van der Waals surface area contributed by atoms with E-state index in [0.29, 0.717) is 5.69 Å². The molecule has 0 fully saturated rings. The molecule has 96 valence electrons. The van der Waals surface area contributed by atoms with Crippen LogP contribution in [-0.2, 0) is 9.59 Å². The van der Waals surface area contributed by atoms with E-state index in [4.69, 9.17) is 5.11 Å². The maximum atomic E-state index is 11.6. The van der Waals surface area contributed by atoms with Gasteiger partial charge in [0.05, 0.1) is 0 Å². The molecule has 0 unspecified atom stereocenters. The number of fused-ring (bicyclic) bond motifs is 1. The lowest BCUT2D eigenvalue weighted by molar-refractivity contribution is -0.131. The molecule has 0 saturated heterocycles. The molecule has 0 atom stereocenters. The van der Waals surface area contributed by atoms with E-state index in [9.17, 15) is 9.59 Å². The van der Waals surface area contributed by atoms with Gasteiger partial charge in [-0.2, -0.15) is 0 Å². The molecule has 4 nitrogen and oxygen atoms in total. The molecule has 0 aliphatic carbocycles. The van der Waals surface area contributed by atoms with Gasteiger partial charge in [-0.05, 0) is 23.9 Å². The van der Waals surface area contributed by atoms with E-state index >= 15 is 0 Å². The second kappa shape index (κ2) is 5.35. The van der Waals surface area contributed by atoms with Crippen molar-refractivity contribution in [1.82, 2.24) is 0 Å². The third-order valence-corrected chi connectivity index (χ3v) is 2.78. The highest BCUT2D eigenvalue weighted by atomic mass is 16.4. The van der Waals surface area contributed by atoms with Crippen LogP contribution in [0.4, 0.5) is 5.69 Å². The first-order valence-electron chi connectivity index (χ1n) is 5.78. The van der Waals surface area contributed by atoms with Crippen LogP contribution in [-0.4, -0.2) is 17.0 Å². The maximum absolute atomic E-state index is 11.6. The topological polar surface area (TPSA) is 66.4 Å². The van der Waals surface area contributed by atoms with Crippen molar-refractivity contribution < 1.29 is 14.7 Å². The zero-order chi connectivity index (χ0) is 13.8. The van der Waals surface area contributed by atoms with Crippen LogP contribution in [0.25, 0.3) is 10.8 Å². The van der Waals surface area contributed by atoms with Crippen molar-refractivity contribution in [2.75, 3.05) is 5.32 Å². The predicted octanol–water partition coefficient (Wildman–Crippen LogP) is 2.73. The molecule has 19 heavy (non-hydrogen) atoms. The van der Waals surface area contributed by atoms with Crippen LogP contribution in [0.3, 0.4) is 0 Å². The molecule has 1 amide bonds. The van der Waals surface area contributed by atoms with Gasteiger partial charge in [-0.1, -0.05) is 30.3 Å². The van der Waals surface area contributed by atoms with E-state index in [1.54, 1.807) is 6.07 Å². The van der Waals surface area contributed by atoms with E-state index < -0.39 is 11.9 Å². The summed E-state index contributed by atoms with van der Waals surface area (Å²) in [5.41, 5.74) is 1.79. The summed E-state index contributed by atoms with van der Waals surface area (Å²) in [6, 6.07) is 11.4. The number of rotatable bonds is 3. The van der Waals surface area contributed by atoms with Gasteiger partial charge >= 0.3 is 5.97 Å². The van der Waals surface area contributed by atoms with Gasteiger partial charge in [0.1, 0.15) is 0 Å². The Bertz CT molecular complexity index is 674. The summed E-state index contributed by atoms with van der Waals surface area (Å²) in [6.45, 7) is 2.00. The number of aliphatic carboxylic acids is 1. The Kier molecular flexibility index (Phi) is 3.61. The van der Waals surface area contributed by atoms with E-state index in [0.717, 1.165) is 28.5 Å². The highest BCUT2D eigenvalue weighted by Crippen LogP contribution is 2.25. The van der Waals surface area contributed by atoms with Crippen LogP contribution < -0.4 is 5.32 Å². The summed E-state index contributed by atoms with van der Waals surface area (Å²) in [4.78, 5) is 21.9. The lowest BCUT2D eigenvalue weighted by Gasteiger charge is -2.08. The van der Waals surface area contributed by atoms with E-state index in [-0.39, 0.29) is 0 Å². The van der Waals surface area contributed by atoms with Gasteiger partial charge in [-0.3, -0.25) is 4.79 Å². The predicted molar refractivity (Wildman–Crippen MR) is 74.1 cm³/mol. The first-order chi connectivity index (χ1) is 9.08. The second-order valence-electron chi connectivity index (χ2n) is 4.14. The van der Waals surface area contributed by atoms with E-state index in [2.05, 4.69) is 5.32 Å². The molecule has 0 heterocycles. The Morgan fingerprint density at radius 3 is 2.47 bits per heavy atom. The number of carbonyl (C=O) groups excluding carboxylic acids is 1. The van der Waals surface area contributed by atoms with Crippen molar-refractivity contribution in [2.45, 2.75) is 6.92 Å². The normalized spacial score (nSPS) is 10.8. The fraction of sp³-hybridized carbons (Fsp3) is 0.0667. The number of hydrogen-bond donors (Lipinski definition) is 2. The third-order valence-electron chi connectivity index (χ3n) is 2.78. The lowest BCUT2D eigenvalue weighted by atomic mass is 10.0. The van der Waals surface area contributed by atoms with Gasteiger partial charge in [-0.15, -0.1) is 0 Å². The fourth-order valence-electron chi connectivity index (χ4n) is 1.90. The van der Waals surface area contributed by atoms with Crippen LogP contribution in [0.5, 0.6) is 0 Å². The minimum atomic E-state index is -1.15. The quantitative estimate of drug-likeness (QED) is 0.829. The van der Waals surface area contributed by atoms with E-state index in [1.807, 2.05) is 37.3 Å². The van der Waals surface area contributed by atoms with Crippen molar-refractivity contribution >= 4 is 28.3 Å². The Morgan fingerprint density at radius 2 is 1.74 bits per heavy atom. The Hall–Kier alpha value is -2.62. The number of hydrogen-bond acceptors (Lipinski definition) is 2. The zero-order valence-electron chi connectivity index (χ0n) is 10.4. The largest absolute Gasteiger partial charge is 0.478 e. The summed E-state index contributed by atoms with van der Waals surface area (Å²) in [6.07, 6.45) is 1.81. The molecule has 0 aliphatic rings. The highest BCUT2D eigenvalue weighted by Gasteiger charge is 2.04. The highest BCUT2D eigenvalue weighted by molar-refractivity contribution is 6.07. The number of anilines is 1. The number of benzene rings is 2. The van der Waals surface area contributed by atoms with Crippen molar-refractivity contribution in [3.8, 4) is 0 Å². The number of carboxylic acids is 1. The summed E-state index contributed by atoms with van der Waals surface area (Å²) < 4.78 is 0. The minimum absolute atomic E-state index is 0.462. The average Bonchev–Trinajstić information content (AvgIpc) is 2.38. The van der Waals surface area contributed by atoms with Crippen molar-refractivity contribution in [1.29, 1.82) is 0 Å². The van der Waals surface area contributed by atoms with Gasteiger partial charge in [0.25, 0.3) is 0 Å². The monoisotopic (exact) mass is 255 g/mol. The molecule has 0 saturated carbocycles. The third kappa shape index (κ3) is 2.98. The molecule has 2 aromatic rings. The molecule has 0 spiro atoms. The summed E-state index contributed by atoms with van der Waals surface area (Å²) in [7, 11) is 0. The molecule has 2 N–H and O–H groups in total. The van der Waals surface area contributed by atoms with Crippen LogP contribution in [0.15, 0.2) is 48.6 Å². The molecule has 0 aliphatic heterocycles. The maximum Gasteiger partial charge on any atom is 0.328 e. The average molecular weight is 255 g/mol. The number of aryl methyl sites for hydroxylation is 1. The van der Waals surface area contributed by atoms with Crippen LogP contribution in [0, 0.1) is 6.92 Å². The fourth-order valence-corrected chi connectivity index (χ4v) is 1.90. The number of carboxylic acid groups (broad SMARTS) is 1. The van der Waals surface area contributed by atoms with Gasteiger partial charge in [0.2, 0.25) is 5.91 Å². The smallest absolute Gasteiger partial charge is 0.328 e. The summed E-state index contributed by atoms with van der Waals surface area (Å²) in [5, 5.41) is 13.1. The Balaban J connectivity index is 2.34. The summed E-state index contributed by atoms with van der Waals surface area (Å²) >= 11 is 0. The van der Waals surface area contributed by atoms with Gasteiger partial charge in [0, 0.05) is 23.2 Å². The first-order valence-corrected chi connectivity index (χ1v) is 5.78. The Morgan fingerprint density at radius 1 is 1.05 bits per heavy atom. The molecule has 2 aromatic carbocycles. The minimum Gasteiger partial charge on any atom is -0.478 e. The van der Waals surface area contributed by atoms with Gasteiger partial charge < -0.3 is 10.4 Å². The van der Waals surface area contributed by atoms with Crippen molar-refractivity contribution in [3.05, 3.63) is 54.1 Å². The Labute approximate surface area is 110 Å². The number of carbonyl (C=O) groups is 2. The molecule has 0 radical (unpaired) electrons. The molecule has 4 heteroatoms. The van der Waals surface area contributed by atoms with Crippen LogP contribution in [0.2, 0.25) is 0 Å². The molecular weight excluding hydrogens is 242 g/mol. The van der Waals surface area contributed by atoms with Crippen molar-refractivity contribution in [2.24, 2.45) is 0 Å². The zero-order valence-corrected chi connectivity index (χ0v) is 10.4. The molecular formula is C15H13NO3. The molecule has 0 aromatic heterocycles. The lowest BCUT2D eigenvalue weighted by Crippen LogP contribution is -2.09. The van der Waals surface area contributed by atoms with Gasteiger partial charge in [0.15, 0.2) is 0 Å². The van der Waals surface area contributed by atoms with Crippen LogP contribution >= 0.6 is 0 Å². The standard InChI is InChI=1S/C15H13NO3/c1-10-4-2-6-12-11(10)5-3-7-13(12)16-14(17)8-9-15(18)19/h2-9H,1H3,(H,16,17)(H,18,19).